The number of benzene rings is 2. The number of hydrogen-bond acceptors (Lipinski definition) is 5. The molecule has 0 aliphatic carbocycles. The summed E-state index contributed by atoms with van der Waals surface area (Å²) in [4.78, 5) is 32.6. The van der Waals surface area contributed by atoms with Crippen LogP contribution in [-0.4, -0.2) is 25.7 Å². The Morgan fingerprint density at radius 2 is 1.02 bits per heavy atom. The number of rotatable bonds is 8. The summed E-state index contributed by atoms with van der Waals surface area (Å²) in [7, 11) is 0. The van der Waals surface area contributed by atoms with Gasteiger partial charge in [0.15, 0.2) is 5.78 Å². The Labute approximate surface area is 271 Å². The van der Waals surface area contributed by atoms with Crippen LogP contribution in [-0.2, 0) is 30.0 Å². The van der Waals surface area contributed by atoms with E-state index in [9.17, 15) is 31.1 Å². The minimum Gasteiger partial charge on any atom is -0.298 e. The molecule has 0 saturated heterocycles. The molecule has 11 heteroatoms. The lowest BCUT2D eigenvalue weighted by Crippen LogP contribution is -2.26. The second-order valence-corrected chi connectivity index (χ2v) is 11.7. The average molecular weight is 659 g/mol. The first-order valence-electron chi connectivity index (χ1n) is 15.1. The van der Waals surface area contributed by atoms with Crippen molar-refractivity contribution in [3.05, 3.63) is 142 Å². The van der Waals surface area contributed by atoms with Gasteiger partial charge in [-0.15, -0.1) is 0 Å². The summed E-state index contributed by atoms with van der Waals surface area (Å²) in [6.45, 7) is 3.59. The number of aryl methyl sites for hydroxylation is 2. The van der Waals surface area contributed by atoms with Gasteiger partial charge in [-0.05, 0) is 98.5 Å². The molecule has 2 atom stereocenters. The van der Waals surface area contributed by atoms with E-state index in [1.165, 1.54) is 24.5 Å². The molecule has 4 heterocycles. The monoisotopic (exact) mass is 658 g/mol. The number of hydrogen-bond donors (Lipinski definition) is 0. The number of ketones is 1. The predicted molar refractivity (Wildman–Crippen MR) is 169 cm³/mol. The highest BCUT2D eigenvalue weighted by Gasteiger charge is 2.35. The highest BCUT2D eigenvalue weighted by atomic mass is 19.4. The number of alkyl halides is 6. The van der Waals surface area contributed by atoms with Gasteiger partial charge in [0.05, 0.1) is 45.4 Å². The van der Waals surface area contributed by atoms with E-state index in [-0.39, 0.29) is 29.7 Å². The number of fused-ring (bicyclic) bond motifs is 2. The van der Waals surface area contributed by atoms with Gasteiger partial charge in [-0.1, -0.05) is 24.3 Å². The van der Waals surface area contributed by atoms with Crippen molar-refractivity contribution in [2.75, 3.05) is 0 Å². The molecule has 0 aliphatic heterocycles. The van der Waals surface area contributed by atoms with Crippen LogP contribution in [0.3, 0.4) is 0 Å². The largest absolute Gasteiger partial charge is 0.416 e. The van der Waals surface area contributed by atoms with Crippen molar-refractivity contribution in [1.29, 1.82) is 0 Å². The lowest BCUT2D eigenvalue weighted by atomic mass is 9.80. The van der Waals surface area contributed by atoms with Crippen molar-refractivity contribution >= 4 is 27.6 Å². The van der Waals surface area contributed by atoms with Crippen molar-refractivity contribution in [1.82, 2.24) is 19.9 Å². The fourth-order valence-electron chi connectivity index (χ4n) is 6.02. The summed E-state index contributed by atoms with van der Waals surface area (Å²) < 4.78 is 80.9. The van der Waals surface area contributed by atoms with Crippen LogP contribution in [0.5, 0.6) is 0 Å². The molecule has 244 valence electrons. The molecule has 2 aromatic carbocycles. The number of carbonyl (C=O) groups excluding carboxylic acids is 1. The second kappa shape index (κ2) is 12.8. The fraction of sp³-hybridized carbons (Fsp3) is 0.216. The SMILES string of the molecule is Cc1cccc(C(Cc2ccnc3cc(C(F)(F)F)ccc23)C(=O)C(Cc2ccnc3cc(C(F)(F)F)ccc23)c2cccc(C)n2)n1. The molecular formula is C37H28F6N4O. The summed E-state index contributed by atoms with van der Waals surface area (Å²) in [5, 5.41) is 0.948. The third-order valence-electron chi connectivity index (χ3n) is 8.39. The number of Topliss-reactive ketones (excluding diaryl/α,β-unsaturated/α-hetero) is 1. The molecule has 0 amide bonds. The summed E-state index contributed by atoms with van der Waals surface area (Å²) in [5.74, 6) is -1.95. The minimum atomic E-state index is -4.55. The molecule has 0 aliphatic rings. The molecular weight excluding hydrogens is 630 g/mol. The van der Waals surface area contributed by atoms with Gasteiger partial charge in [0, 0.05) is 34.6 Å². The minimum absolute atomic E-state index is 0.105. The normalized spacial score (nSPS) is 13.5. The molecule has 0 bridgehead atoms. The van der Waals surface area contributed by atoms with Crippen molar-refractivity contribution in [3.8, 4) is 0 Å². The van der Waals surface area contributed by atoms with Crippen LogP contribution in [0.4, 0.5) is 26.3 Å². The van der Waals surface area contributed by atoms with Gasteiger partial charge < -0.3 is 0 Å². The summed E-state index contributed by atoms with van der Waals surface area (Å²) in [5.41, 5.74) is 2.15. The van der Waals surface area contributed by atoms with Crippen LogP contribution in [0.25, 0.3) is 21.8 Å². The number of aromatic nitrogens is 4. The highest BCUT2D eigenvalue weighted by Crippen LogP contribution is 2.37. The molecule has 4 aromatic heterocycles. The Morgan fingerprint density at radius 3 is 1.40 bits per heavy atom. The van der Waals surface area contributed by atoms with Crippen LogP contribution in [0.1, 0.15) is 56.9 Å². The zero-order valence-corrected chi connectivity index (χ0v) is 25.8. The Kier molecular flexibility index (Phi) is 8.72. The third-order valence-corrected chi connectivity index (χ3v) is 8.39. The summed E-state index contributed by atoms with van der Waals surface area (Å²) in [6.07, 6.45) is -6.05. The Morgan fingerprint density at radius 1 is 0.604 bits per heavy atom. The van der Waals surface area contributed by atoms with Gasteiger partial charge in [-0.2, -0.15) is 26.3 Å². The average Bonchev–Trinajstić information content (AvgIpc) is 3.04. The second-order valence-electron chi connectivity index (χ2n) is 11.7. The lowest BCUT2D eigenvalue weighted by Gasteiger charge is -2.24. The van der Waals surface area contributed by atoms with Crippen LogP contribution in [0, 0.1) is 13.8 Å². The van der Waals surface area contributed by atoms with Gasteiger partial charge in [0.2, 0.25) is 0 Å². The van der Waals surface area contributed by atoms with E-state index >= 15 is 0 Å². The first-order chi connectivity index (χ1) is 22.8. The quantitative estimate of drug-likeness (QED) is 0.153. The van der Waals surface area contributed by atoms with E-state index in [1.54, 1.807) is 62.4 Å². The van der Waals surface area contributed by atoms with E-state index in [1.807, 2.05) is 0 Å². The maximum Gasteiger partial charge on any atom is 0.416 e. The number of pyridine rings is 4. The van der Waals surface area contributed by atoms with Gasteiger partial charge in [-0.3, -0.25) is 24.7 Å². The third kappa shape index (κ3) is 6.90. The zero-order valence-electron chi connectivity index (χ0n) is 25.8. The Balaban J connectivity index is 1.46. The van der Waals surface area contributed by atoms with Gasteiger partial charge in [0.1, 0.15) is 0 Å². The lowest BCUT2D eigenvalue weighted by molar-refractivity contribution is -0.138. The number of halogens is 6. The molecule has 0 N–H and O–H groups in total. The molecule has 5 nitrogen and oxygen atoms in total. The molecule has 0 radical (unpaired) electrons. The van der Waals surface area contributed by atoms with Crippen LogP contribution < -0.4 is 0 Å². The van der Waals surface area contributed by atoms with E-state index in [4.69, 9.17) is 0 Å². The Bertz CT molecular complexity index is 1990. The van der Waals surface area contributed by atoms with E-state index in [2.05, 4.69) is 19.9 Å². The maximum atomic E-state index is 14.9. The van der Waals surface area contributed by atoms with Crippen molar-refractivity contribution in [3.63, 3.8) is 0 Å². The molecule has 0 spiro atoms. The topological polar surface area (TPSA) is 68.6 Å². The molecule has 6 aromatic rings. The van der Waals surface area contributed by atoms with Crippen LogP contribution in [0.2, 0.25) is 0 Å². The molecule has 0 saturated carbocycles. The van der Waals surface area contributed by atoms with Crippen LogP contribution >= 0.6 is 0 Å². The van der Waals surface area contributed by atoms with Gasteiger partial charge in [0.25, 0.3) is 0 Å². The number of carbonyl (C=O) groups is 1. The summed E-state index contributed by atoms with van der Waals surface area (Å²) >= 11 is 0. The highest BCUT2D eigenvalue weighted by molar-refractivity contribution is 5.93. The van der Waals surface area contributed by atoms with E-state index in [0.717, 1.165) is 24.3 Å². The van der Waals surface area contributed by atoms with Gasteiger partial charge >= 0.3 is 12.4 Å². The van der Waals surface area contributed by atoms with Crippen molar-refractivity contribution in [2.24, 2.45) is 0 Å². The Hall–Kier alpha value is -5.19. The van der Waals surface area contributed by atoms with Crippen molar-refractivity contribution < 1.29 is 31.1 Å². The first kappa shape index (κ1) is 32.7. The standard InChI is InChI=1S/C37H28F6N4O/c1-21-5-3-7-31(46-21)29(17-23-13-15-44-33-19-25(36(38,39)40)9-11-27(23)33)35(48)30(32-8-4-6-22(2)47-32)18-24-14-16-45-34-20-26(37(41,42)43)10-12-28(24)34/h3-16,19-20,29-30H,17-18H2,1-2H3. The molecule has 2 unspecified atom stereocenters. The first-order valence-corrected chi connectivity index (χ1v) is 15.1. The fourth-order valence-corrected chi connectivity index (χ4v) is 6.02. The van der Waals surface area contributed by atoms with E-state index in [0.29, 0.717) is 44.7 Å². The van der Waals surface area contributed by atoms with Gasteiger partial charge in [-0.25, -0.2) is 0 Å². The summed E-state index contributed by atoms with van der Waals surface area (Å²) in [6, 6.07) is 20.7. The predicted octanol–water partition coefficient (Wildman–Crippen LogP) is 9.15. The number of nitrogens with zero attached hydrogens (tertiary/aromatic N) is 4. The molecule has 0 fully saturated rings. The van der Waals surface area contributed by atoms with E-state index < -0.39 is 35.3 Å². The van der Waals surface area contributed by atoms with Crippen molar-refractivity contribution in [2.45, 2.75) is 50.9 Å². The smallest absolute Gasteiger partial charge is 0.298 e. The molecule has 6 rings (SSSR count). The molecule has 48 heavy (non-hydrogen) atoms. The maximum absolute atomic E-state index is 14.9. The van der Waals surface area contributed by atoms with Crippen LogP contribution in [0.15, 0.2) is 97.3 Å². The zero-order chi connectivity index (χ0) is 34.2.